The molecule has 5 nitrogen and oxygen atoms in total. The molecule has 1 N–H and O–H groups in total. The molecule has 0 amide bonds. The molecule has 0 heterocycles. The van der Waals surface area contributed by atoms with Crippen LogP contribution < -0.4 is 5.32 Å². The summed E-state index contributed by atoms with van der Waals surface area (Å²) in [6.07, 6.45) is 0. The molecule has 0 aliphatic carbocycles. The Kier molecular flexibility index (Phi) is 6.17. The zero-order chi connectivity index (χ0) is 16.7. The van der Waals surface area contributed by atoms with Crippen LogP contribution in [0.3, 0.4) is 0 Å². The molecule has 0 saturated carbocycles. The molecule has 0 aliphatic rings. The number of anilines is 1. The van der Waals surface area contributed by atoms with Gasteiger partial charge in [-0.3, -0.25) is 4.79 Å². The molecule has 23 heavy (non-hydrogen) atoms. The molecule has 0 bridgehead atoms. The number of benzene rings is 2. The summed E-state index contributed by atoms with van der Waals surface area (Å²) < 4.78 is 10.6. The second-order valence-electron chi connectivity index (χ2n) is 4.68. The summed E-state index contributed by atoms with van der Waals surface area (Å²) in [5.74, 6) is -0.890. The van der Waals surface area contributed by atoms with Gasteiger partial charge in [0.1, 0.15) is 13.2 Å². The van der Waals surface area contributed by atoms with E-state index in [4.69, 9.17) is 9.47 Å². The van der Waals surface area contributed by atoms with Crippen molar-refractivity contribution in [2.45, 2.75) is 6.61 Å². The Balaban J connectivity index is 1.92. The fourth-order valence-electron chi connectivity index (χ4n) is 1.91. The van der Waals surface area contributed by atoms with Crippen LogP contribution >= 0.6 is 15.9 Å². The molecule has 0 atom stereocenters. The molecule has 0 aromatic heterocycles. The summed E-state index contributed by atoms with van der Waals surface area (Å²) in [5, 5.41) is 2.90. The van der Waals surface area contributed by atoms with Crippen molar-refractivity contribution in [3.8, 4) is 0 Å². The minimum absolute atomic E-state index is 0.0432. The molecular weight excluding hydrogens is 362 g/mol. The van der Waals surface area contributed by atoms with Gasteiger partial charge in [0.15, 0.2) is 0 Å². The highest BCUT2D eigenvalue weighted by Gasteiger charge is 2.13. The summed E-state index contributed by atoms with van der Waals surface area (Å²) in [4.78, 5) is 23.5. The third-order valence-corrected chi connectivity index (χ3v) is 3.55. The number of rotatable bonds is 6. The number of nitrogens with one attached hydrogen (secondary N) is 1. The zero-order valence-electron chi connectivity index (χ0n) is 12.5. The number of methoxy groups -OCH3 is 1. The molecule has 0 aliphatic heterocycles. The van der Waals surface area contributed by atoms with Crippen LogP contribution in [0.15, 0.2) is 53.0 Å². The van der Waals surface area contributed by atoms with E-state index in [-0.39, 0.29) is 13.2 Å². The Hall–Kier alpha value is -2.34. The van der Waals surface area contributed by atoms with Crippen LogP contribution in [-0.2, 0) is 20.9 Å². The molecule has 6 heteroatoms. The maximum Gasteiger partial charge on any atom is 0.340 e. The lowest BCUT2D eigenvalue weighted by molar-refractivity contribution is -0.142. The van der Waals surface area contributed by atoms with Gasteiger partial charge in [-0.1, -0.05) is 46.3 Å². The average Bonchev–Trinajstić information content (AvgIpc) is 2.59. The predicted molar refractivity (Wildman–Crippen MR) is 90.2 cm³/mol. The number of esters is 2. The van der Waals surface area contributed by atoms with Crippen molar-refractivity contribution in [3.05, 3.63) is 64.1 Å². The first-order valence-corrected chi connectivity index (χ1v) is 7.70. The van der Waals surface area contributed by atoms with E-state index in [1.807, 2.05) is 30.3 Å². The molecule has 2 aromatic rings. The molecule has 0 unspecified atom stereocenters. The van der Waals surface area contributed by atoms with E-state index >= 15 is 0 Å². The van der Waals surface area contributed by atoms with Crippen molar-refractivity contribution in [2.24, 2.45) is 0 Å². The van der Waals surface area contributed by atoms with Gasteiger partial charge in [-0.25, -0.2) is 4.79 Å². The van der Waals surface area contributed by atoms with Gasteiger partial charge in [-0.15, -0.1) is 0 Å². The second kappa shape index (κ2) is 8.33. The molecule has 120 valence electrons. The van der Waals surface area contributed by atoms with Crippen LogP contribution in [0.25, 0.3) is 0 Å². The van der Waals surface area contributed by atoms with Gasteiger partial charge in [-0.2, -0.15) is 0 Å². The van der Waals surface area contributed by atoms with Gasteiger partial charge < -0.3 is 14.8 Å². The summed E-state index contributed by atoms with van der Waals surface area (Å²) >= 11 is 3.30. The molecular formula is C17H16BrNO4. The monoisotopic (exact) mass is 377 g/mol. The summed E-state index contributed by atoms with van der Waals surface area (Å²) in [5.41, 5.74) is 1.77. The molecule has 0 saturated heterocycles. The molecule has 2 aromatic carbocycles. The van der Waals surface area contributed by atoms with Crippen LogP contribution in [0, 0.1) is 0 Å². The van der Waals surface area contributed by atoms with Crippen LogP contribution in [0.5, 0.6) is 0 Å². The van der Waals surface area contributed by atoms with Gasteiger partial charge in [0.25, 0.3) is 0 Å². The number of carbonyl (C=O) groups is 2. The Bertz CT molecular complexity index is 688. The van der Waals surface area contributed by atoms with E-state index in [0.717, 1.165) is 10.0 Å². The van der Waals surface area contributed by atoms with E-state index < -0.39 is 11.9 Å². The fourth-order valence-corrected chi connectivity index (χ4v) is 2.27. The first-order chi connectivity index (χ1) is 11.1. The Morgan fingerprint density at radius 2 is 1.87 bits per heavy atom. The molecule has 0 fully saturated rings. The van der Waals surface area contributed by atoms with Crippen molar-refractivity contribution in [3.63, 3.8) is 0 Å². The maximum absolute atomic E-state index is 11.8. The summed E-state index contributed by atoms with van der Waals surface area (Å²) in [6, 6.07) is 14.5. The van der Waals surface area contributed by atoms with E-state index in [1.165, 1.54) is 7.11 Å². The molecule has 0 radical (unpaired) electrons. The van der Waals surface area contributed by atoms with Crippen LogP contribution in [0.4, 0.5) is 5.69 Å². The predicted octanol–water partition coefficient (Wildman–Crippen LogP) is 3.39. The van der Waals surface area contributed by atoms with E-state index in [0.29, 0.717) is 11.3 Å². The Morgan fingerprint density at radius 1 is 1.13 bits per heavy atom. The number of ether oxygens (including phenoxy) is 2. The first kappa shape index (κ1) is 17.0. The lowest BCUT2D eigenvalue weighted by Gasteiger charge is -2.11. The maximum atomic E-state index is 11.8. The standard InChI is InChI=1S/C17H16BrNO4/c1-22-17(21)14-9-13(18)7-8-15(14)19-10-16(20)23-11-12-5-3-2-4-6-12/h2-9,19H,10-11H2,1H3. The first-order valence-electron chi connectivity index (χ1n) is 6.91. The third kappa shape index (κ3) is 5.10. The Labute approximate surface area is 142 Å². The fraction of sp³-hybridized carbons (Fsp3) is 0.176. The average molecular weight is 378 g/mol. The quantitative estimate of drug-likeness (QED) is 0.781. The summed E-state index contributed by atoms with van der Waals surface area (Å²) in [7, 11) is 1.31. The van der Waals surface area contributed by atoms with Gasteiger partial charge in [0, 0.05) is 10.2 Å². The Morgan fingerprint density at radius 3 is 2.57 bits per heavy atom. The molecule has 0 spiro atoms. The van der Waals surface area contributed by atoms with Crippen LogP contribution in [0.2, 0.25) is 0 Å². The van der Waals surface area contributed by atoms with Gasteiger partial charge in [-0.05, 0) is 23.8 Å². The van der Waals surface area contributed by atoms with Gasteiger partial charge in [0.2, 0.25) is 0 Å². The summed E-state index contributed by atoms with van der Waals surface area (Å²) in [6.45, 7) is 0.171. The normalized spacial score (nSPS) is 10.0. The van der Waals surface area contributed by atoms with Crippen molar-refractivity contribution in [1.29, 1.82) is 0 Å². The number of hydrogen-bond donors (Lipinski definition) is 1. The van der Waals surface area contributed by atoms with Crippen molar-refractivity contribution < 1.29 is 19.1 Å². The number of hydrogen-bond acceptors (Lipinski definition) is 5. The smallest absolute Gasteiger partial charge is 0.340 e. The lowest BCUT2D eigenvalue weighted by atomic mass is 10.2. The van der Waals surface area contributed by atoms with Crippen molar-refractivity contribution in [1.82, 2.24) is 0 Å². The topological polar surface area (TPSA) is 64.6 Å². The van der Waals surface area contributed by atoms with E-state index in [9.17, 15) is 9.59 Å². The minimum atomic E-state index is -0.480. The highest BCUT2D eigenvalue weighted by molar-refractivity contribution is 9.10. The van der Waals surface area contributed by atoms with Gasteiger partial charge >= 0.3 is 11.9 Å². The minimum Gasteiger partial charge on any atom is -0.465 e. The number of halogens is 1. The van der Waals surface area contributed by atoms with Gasteiger partial charge in [0.05, 0.1) is 12.7 Å². The lowest BCUT2D eigenvalue weighted by Crippen LogP contribution is -2.18. The second-order valence-corrected chi connectivity index (χ2v) is 5.60. The highest BCUT2D eigenvalue weighted by atomic mass is 79.9. The molecule has 2 rings (SSSR count). The van der Waals surface area contributed by atoms with E-state index in [2.05, 4.69) is 21.2 Å². The largest absolute Gasteiger partial charge is 0.465 e. The van der Waals surface area contributed by atoms with Crippen LogP contribution in [0.1, 0.15) is 15.9 Å². The van der Waals surface area contributed by atoms with E-state index in [1.54, 1.807) is 18.2 Å². The highest BCUT2D eigenvalue weighted by Crippen LogP contribution is 2.21. The number of carbonyl (C=O) groups excluding carboxylic acids is 2. The zero-order valence-corrected chi connectivity index (χ0v) is 14.1. The SMILES string of the molecule is COC(=O)c1cc(Br)ccc1NCC(=O)OCc1ccccc1. The third-order valence-electron chi connectivity index (χ3n) is 3.05. The van der Waals surface area contributed by atoms with Crippen molar-refractivity contribution >= 4 is 33.6 Å². The van der Waals surface area contributed by atoms with Crippen molar-refractivity contribution in [2.75, 3.05) is 19.0 Å². The van der Waals surface area contributed by atoms with Crippen LogP contribution in [-0.4, -0.2) is 25.6 Å².